The Bertz CT molecular complexity index is 925. The van der Waals surface area contributed by atoms with Gasteiger partial charge in [0.15, 0.2) is 5.65 Å². The third-order valence-corrected chi connectivity index (χ3v) is 4.67. The van der Waals surface area contributed by atoms with E-state index in [1.165, 1.54) is 17.8 Å². The first-order chi connectivity index (χ1) is 12.5. The zero-order chi connectivity index (χ0) is 18.7. The molecule has 1 amide bonds. The van der Waals surface area contributed by atoms with Crippen molar-refractivity contribution >= 4 is 16.9 Å². The zero-order valence-electron chi connectivity index (χ0n) is 15.2. The van der Waals surface area contributed by atoms with Gasteiger partial charge in [0.2, 0.25) is 5.91 Å². The molecule has 0 saturated heterocycles. The van der Waals surface area contributed by atoms with Crippen LogP contribution in [0.1, 0.15) is 39.0 Å². The van der Waals surface area contributed by atoms with Gasteiger partial charge >= 0.3 is 5.69 Å². The minimum Gasteiger partial charge on any atom is -0.493 e. The molecule has 8 heteroatoms. The molecule has 3 rings (SSSR count). The highest BCUT2D eigenvalue weighted by atomic mass is 16.5. The van der Waals surface area contributed by atoms with Crippen molar-refractivity contribution in [2.24, 2.45) is 7.05 Å². The Morgan fingerprint density at radius 2 is 2.08 bits per heavy atom. The Labute approximate surface area is 150 Å². The standard InChI is InChI=1S/C18H24N4O4/c1-3-10-26-13-8-9-19-16-15(13)17(24)22(18(25)21(16)2)11-14(23)20-12-6-4-5-7-12/h8-9,12H,3-7,10-11H2,1-2H3,(H,20,23). The van der Waals surface area contributed by atoms with E-state index in [1.807, 2.05) is 6.92 Å². The van der Waals surface area contributed by atoms with Crippen molar-refractivity contribution in [2.45, 2.75) is 51.6 Å². The van der Waals surface area contributed by atoms with Crippen LogP contribution >= 0.6 is 0 Å². The highest BCUT2D eigenvalue weighted by Gasteiger charge is 2.21. The van der Waals surface area contributed by atoms with Gasteiger partial charge in [0, 0.05) is 19.3 Å². The van der Waals surface area contributed by atoms with Crippen LogP contribution in [0.3, 0.4) is 0 Å². The van der Waals surface area contributed by atoms with Gasteiger partial charge < -0.3 is 10.1 Å². The summed E-state index contributed by atoms with van der Waals surface area (Å²) in [6.07, 6.45) is 6.35. The lowest BCUT2D eigenvalue weighted by Crippen LogP contribution is -2.45. The van der Waals surface area contributed by atoms with Gasteiger partial charge in [-0.2, -0.15) is 0 Å². The zero-order valence-corrected chi connectivity index (χ0v) is 15.2. The number of hydrogen-bond acceptors (Lipinski definition) is 5. The third-order valence-electron chi connectivity index (χ3n) is 4.67. The normalized spacial score (nSPS) is 14.7. The molecule has 1 aliphatic rings. The number of pyridine rings is 1. The number of nitrogens with zero attached hydrogens (tertiary/aromatic N) is 3. The number of aryl methyl sites for hydroxylation is 1. The molecular weight excluding hydrogens is 336 g/mol. The van der Waals surface area contributed by atoms with E-state index in [-0.39, 0.29) is 29.5 Å². The van der Waals surface area contributed by atoms with E-state index in [2.05, 4.69) is 10.3 Å². The van der Waals surface area contributed by atoms with Gasteiger partial charge in [-0.1, -0.05) is 19.8 Å². The predicted octanol–water partition coefficient (Wildman–Crippen LogP) is 0.943. The van der Waals surface area contributed by atoms with Gasteiger partial charge in [0.1, 0.15) is 17.7 Å². The molecule has 0 unspecified atom stereocenters. The molecule has 1 saturated carbocycles. The van der Waals surface area contributed by atoms with Gasteiger partial charge in [-0.3, -0.25) is 14.2 Å². The lowest BCUT2D eigenvalue weighted by atomic mass is 10.2. The minimum absolute atomic E-state index is 0.132. The summed E-state index contributed by atoms with van der Waals surface area (Å²) < 4.78 is 7.87. The van der Waals surface area contributed by atoms with E-state index in [0.717, 1.165) is 36.7 Å². The van der Waals surface area contributed by atoms with Gasteiger partial charge in [0.05, 0.1) is 6.61 Å². The number of aromatic nitrogens is 3. The van der Waals surface area contributed by atoms with Crippen LogP contribution in [0.5, 0.6) is 5.75 Å². The van der Waals surface area contributed by atoms with E-state index in [4.69, 9.17) is 4.74 Å². The molecular formula is C18H24N4O4. The lowest BCUT2D eigenvalue weighted by Gasteiger charge is -2.15. The Morgan fingerprint density at radius 1 is 1.35 bits per heavy atom. The van der Waals surface area contributed by atoms with Crippen molar-refractivity contribution in [3.05, 3.63) is 33.1 Å². The molecule has 2 aromatic rings. The van der Waals surface area contributed by atoms with Crippen LogP contribution in [0.25, 0.3) is 11.0 Å². The van der Waals surface area contributed by atoms with Crippen molar-refractivity contribution in [2.75, 3.05) is 6.61 Å². The summed E-state index contributed by atoms with van der Waals surface area (Å²) in [7, 11) is 1.53. The van der Waals surface area contributed by atoms with Crippen LogP contribution in [0.2, 0.25) is 0 Å². The van der Waals surface area contributed by atoms with Crippen LogP contribution in [0.4, 0.5) is 0 Å². The molecule has 1 N–H and O–H groups in total. The monoisotopic (exact) mass is 360 g/mol. The van der Waals surface area contributed by atoms with Gasteiger partial charge in [0.25, 0.3) is 5.56 Å². The quantitative estimate of drug-likeness (QED) is 0.827. The molecule has 0 aromatic carbocycles. The van der Waals surface area contributed by atoms with E-state index in [0.29, 0.717) is 12.4 Å². The first kappa shape index (κ1) is 18.2. The van der Waals surface area contributed by atoms with Crippen molar-refractivity contribution in [3.63, 3.8) is 0 Å². The average Bonchev–Trinajstić information content (AvgIpc) is 3.14. The summed E-state index contributed by atoms with van der Waals surface area (Å²) in [6.45, 7) is 2.11. The molecule has 8 nitrogen and oxygen atoms in total. The van der Waals surface area contributed by atoms with E-state index in [9.17, 15) is 14.4 Å². The number of hydrogen-bond donors (Lipinski definition) is 1. The number of rotatable bonds is 6. The maximum atomic E-state index is 12.9. The Morgan fingerprint density at radius 3 is 2.77 bits per heavy atom. The van der Waals surface area contributed by atoms with Gasteiger partial charge in [-0.15, -0.1) is 0 Å². The highest BCUT2D eigenvalue weighted by Crippen LogP contribution is 2.19. The summed E-state index contributed by atoms with van der Waals surface area (Å²) in [4.78, 5) is 41.9. The first-order valence-corrected chi connectivity index (χ1v) is 9.03. The predicted molar refractivity (Wildman–Crippen MR) is 97.4 cm³/mol. The number of ether oxygens (including phenoxy) is 1. The summed E-state index contributed by atoms with van der Waals surface area (Å²) in [5.74, 6) is 0.0535. The Kier molecular flexibility index (Phi) is 5.39. The minimum atomic E-state index is -0.566. The number of carbonyl (C=O) groups excluding carboxylic acids is 1. The number of nitrogens with one attached hydrogen (secondary N) is 1. The molecule has 0 aliphatic heterocycles. The Balaban J connectivity index is 2.00. The second-order valence-electron chi connectivity index (χ2n) is 6.64. The lowest BCUT2D eigenvalue weighted by molar-refractivity contribution is -0.122. The van der Waals surface area contributed by atoms with Crippen molar-refractivity contribution in [1.29, 1.82) is 0 Å². The molecule has 0 bridgehead atoms. The molecule has 0 atom stereocenters. The molecule has 1 aliphatic carbocycles. The van der Waals surface area contributed by atoms with Crippen LogP contribution in [-0.4, -0.2) is 32.7 Å². The summed E-state index contributed by atoms with van der Waals surface area (Å²) in [5, 5.41) is 3.12. The molecule has 2 aromatic heterocycles. The first-order valence-electron chi connectivity index (χ1n) is 9.03. The highest BCUT2D eigenvalue weighted by molar-refractivity contribution is 5.82. The fraction of sp³-hybridized carbons (Fsp3) is 0.556. The van der Waals surface area contributed by atoms with E-state index >= 15 is 0 Å². The summed E-state index contributed by atoms with van der Waals surface area (Å²) in [6, 6.07) is 1.74. The van der Waals surface area contributed by atoms with E-state index in [1.54, 1.807) is 6.07 Å². The molecule has 0 radical (unpaired) electrons. The topological polar surface area (TPSA) is 95.2 Å². The second-order valence-corrected chi connectivity index (χ2v) is 6.64. The van der Waals surface area contributed by atoms with Crippen LogP contribution < -0.4 is 21.3 Å². The summed E-state index contributed by atoms with van der Waals surface area (Å²) >= 11 is 0. The van der Waals surface area contributed by atoms with Crippen LogP contribution in [0.15, 0.2) is 21.9 Å². The average molecular weight is 360 g/mol. The fourth-order valence-electron chi connectivity index (χ4n) is 3.34. The van der Waals surface area contributed by atoms with Crippen molar-refractivity contribution in [3.8, 4) is 5.75 Å². The van der Waals surface area contributed by atoms with Gasteiger partial charge in [-0.05, 0) is 25.3 Å². The fourth-order valence-corrected chi connectivity index (χ4v) is 3.34. The van der Waals surface area contributed by atoms with Crippen LogP contribution in [0, 0.1) is 0 Å². The van der Waals surface area contributed by atoms with Crippen molar-refractivity contribution < 1.29 is 9.53 Å². The maximum absolute atomic E-state index is 12.9. The molecule has 2 heterocycles. The third kappa shape index (κ3) is 3.49. The number of carbonyl (C=O) groups is 1. The van der Waals surface area contributed by atoms with Crippen molar-refractivity contribution in [1.82, 2.24) is 19.4 Å². The van der Waals surface area contributed by atoms with Gasteiger partial charge in [-0.25, -0.2) is 14.3 Å². The molecule has 140 valence electrons. The summed E-state index contributed by atoms with van der Waals surface area (Å²) in [5.41, 5.74) is -0.867. The molecule has 0 spiro atoms. The Hall–Kier alpha value is -2.64. The second kappa shape index (κ2) is 7.72. The largest absolute Gasteiger partial charge is 0.493 e. The molecule has 26 heavy (non-hydrogen) atoms. The van der Waals surface area contributed by atoms with E-state index < -0.39 is 11.2 Å². The number of fused-ring (bicyclic) bond motifs is 1. The smallest absolute Gasteiger partial charge is 0.332 e. The molecule has 1 fully saturated rings. The van der Waals surface area contributed by atoms with Crippen LogP contribution in [-0.2, 0) is 18.4 Å². The maximum Gasteiger partial charge on any atom is 0.332 e. The number of amides is 1. The SMILES string of the molecule is CCCOc1ccnc2c1c(=O)n(CC(=O)NC1CCCC1)c(=O)n2C.